The van der Waals surface area contributed by atoms with Crippen molar-refractivity contribution in [2.24, 2.45) is 5.92 Å². The van der Waals surface area contributed by atoms with E-state index >= 15 is 0 Å². The van der Waals surface area contributed by atoms with Crippen LogP contribution in [-0.4, -0.2) is 73.7 Å². The van der Waals surface area contributed by atoms with Gasteiger partial charge in [0, 0.05) is 18.6 Å². The zero-order chi connectivity index (χ0) is 15.3. The highest BCUT2D eigenvalue weighted by atomic mass is 16.5. The van der Waals surface area contributed by atoms with E-state index in [1.54, 1.807) is 0 Å². The number of nitrogens with one attached hydrogen (secondary N) is 1. The summed E-state index contributed by atoms with van der Waals surface area (Å²) in [5.74, 6) is 1.02. The predicted molar refractivity (Wildman–Crippen MR) is 84.3 cm³/mol. The third-order valence-electron chi connectivity index (χ3n) is 4.35. The summed E-state index contributed by atoms with van der Waals surface area (Å²) < 4.78 is 5.29. The molecule has 0 bridgehead atoms. The van der Waals surface area contributed by atoms with Crippen LogP contribution in [-0.2, 0) is 9.53 Å². The molecule has 1 amide bonds. The van der Waals surface area contributed by atoms with Gasteiger partial charge in [0.1, 0.15) is 0 Å². The number of ether oxygens (including phenoxy) is 1. The van der Waals surface area contributed by atoms with Gasteiger partial charge in [0.15, 0.2) is 0 Å². The topological polar surface area (TPSA) is 44.8 Å². The summed E-state index contributed by atoms with van der Waals surface area (Å²) in [6, 6.07) is 0. The maximum atomic E-state index is 12.2. The van der Waals surface area contributed by atoms with Crippen molar-refractivity contribution in [1.82, 2.24) is 15.1 Å². The molecule has 0 radical (unpaired) electrons. The quantitative estimate of drug-likeness (QED) is 0.839. The molecule has 0 atom stereocenters. The summed E-state index contributed by atoms with van der Waals surface area (Å²) in [5.41, 5.74) is 0.198. The van der Waals surface area contributed by atoms with Gasteiger partial charge in [0.05, 0.1) is 19.8 Å². The molecule has 0 aromatic heterocycles. The van der Waals surface area contributed by atoms with Crippen LogP contribution in [0.2, 0.25) is 0 Å². The Balaban J connectivity index is 1.65. The van der Waals surface area contributed by atoms with E-state index in [-0.39, 0.29) is 11.4 Å². The standard InChI is InChI=1S/C16H31N3O2/c1-16(2,3)17-12-14-4-6-18(7-5-14)13-15(20)19-8-10-21-11-9-19/h14,17H,4-13H2,1-3H3. The summed E-state index contributed by atoms with van der Waals surface area (Å²) in [4.78, 5) is 16.5. The second-order valence-corrected chi connectivity index (χ2v) is 7.34. The number of hydrogen-bond donors (Lipinski definition) is 1. The van der Waals surface area contributed by atoms with Crippen LogP contribution in [0.5, 0.6) is 0 Å². The zero-order valence-electron chi connectivity index (χ0n) is 13.9. The number of hydrogen-bond acceptors (Lipinski definition) is 4. The van der Waals surface area contributed by atoms with Crippen LogP contribution in [0, 0.1) is 5.92 Å². The number of piperidine rings is 1. The van der Waals surface area contributed by atoms with E-state index in [4.69, 9.17) is 4.74 Å². The van der Waals surface area contributed by atoms with Gasteiger partial charge < -0.3 is 15.0 Å². The minimum absolute atomic E-state index is 0.198. The van der Waals surface area contributed by atoms with Gasteiger partial charge in [-0.15, -0.1) is 0 Å². The highest BCUT2D eigenvalue weighted by Crippen LogP contribution is 2.17. The molecule has 0 aliphatic carbocycles. The van der Waals surface area contributed by atoms with Crippen molar-refractivity contribution in [2.45, 2.75) is 39.2 Å². The fourth-order valence-electron chi connectivity index (χ4n) is 2.90. The van der Waals surface area contributed by atoms with Crippen LogP contribution in [0.3, 0.4) is 0 Å². The summed E-state index contributed by atoms with van der Waals surface area (Å²) in [7, 11) is 0. The molecule has 2 fully saturated rings. The molecule has 2 heterocycles. The first-order chi connectivity index (χ1) is 9.94. The molecular formula is C16H31N3O2. The van der Waals surface area contributed by atoms with Crippen molar-refractivity contribution in [3.63, 3.8) is 0 Å². The first kappa shape index (κ1) is 16.7. The van der Waals surface area contributed by atoms with E-state index in [2.05, 4.69) is 31.0 Å². The molecule has 0 aromatic rings. The highest BCUT2D eigenvalue weighted by molar-refractivity contribution is 5.78. The maximum Gasteiger partial charge on any atom is 0.236 e. The Hall–Kier alpha value is -0.650. The van der Waals surface area contributed by atoms with Gasteiger partial charge >= 0.3 is 0 Å². The fraction of sp³-hybridized carbons (Fsp3) is 0.938. The van der Waals surface area contributed by atoms with E-state index in [1.165, 1.54) is 12.8 Å². The summed E-state index contributed by atoms with van der Waals surface area (Å²) in [6.07, 6.45) is 2.39. The number of morpholine rings is 1. The second kappa shape index (κ2) is 7.56. The lowest BCUT2D eigenvalue weighted by molar-refractivity contribution is -0.136. The first-order valence-electron chi connectivity index (χ1n) is 8.27. The van der Waals surface area contributed by atoms with Crippen molar-refractivity contribution in [2.75, 3.05) is 52.5 Å². The van der Waals surface area contributed by atoms with Crippen molar-refractivity contribution < 1.29 is 9.53 Å². The number of amides is 1. The third kappa shape index (κ3) is 5.93. The van der Waals surface area contributed by atoms with Crippen LogP contribution in [0.15, 0.2) is 0 Å². The van der Waals surface area contributed by atoms with Gasteiger partial charge in [-0.05, 0) is 59.2 Å². The van der Waals surface area contributed by atoms with Crippen molar-refractivity contribution in [3.05, 3.63) is 0 Å². The van der Waals surface area contributed by atoms with Gasteiger partial charge in [0.25, 0.3) is 0 Å². The Morgan fingerprint density at radius 3 is 2.33 bits per heavy atom. The molecule has 0 unspecified atom stereocenters. The summed E-state index contributed by atoms with van der Waals surface area (Å²) in [5, 5.41) is 3.59. The van der Waals surface area contributed by atoms with Crippen molar-refractivity contribution in [1.29, 1.82) is 0 Å². The molecule has 21 heavy (non-hydrogen) atoms. The van der Waals surface area contributed by atoms with E-state index in [1.807, 2.05) is 4.90 Å². The van der Waals surface area contributed by atoms with E-state index < -0.39 is 0 Å². The number of carbonyl (C=O) groups is 1. The predicted octanol–water partition coefficient (Wildman–Crippen LogP) is 0.945. The molecule has 122 valence electrons. The molecule has 0 spiro atoms. The summed E-state index contributed by atoms with van der Waals surface area (Å²) >= 11 is 0. The van der Waals surface area contributed by atoms with Crippen LogP contribution in [0.1, 0.15) is 33.6 Å². The Bertz CT molecular complexity index is 327. The van der Waals surface area contributed by atoms with Gasteiger partial charge in [-0.25, -0.2) is 0 Å². The molecule has 5 nitrogen and oxygen atoms in total. The maximum absolute atomic E-state index is 12.2. The van der Waals surface area contributed by atoms with Crippen LogP contribution in [0.25, 0.3) is 0 Å². The minimum atomic E-state index is 0.198. The third-order valence-corrected chi connectivity index (χ3v) is 4.35. The van der Waals surface area contributed by atoms with Crippen molar-refractivity contribution in [3.8, 4) is 0 Å². The molecule has 5 heteroatoms. The second-order valence-electron chi connectivity index (χ2n) is 7.34. The summed E-state index contributed by atoms with van der Waals surface area (Å²) in [6.45, 7) is 13.3. The van der Waals surface area contributed by atoms with E-state index in [0.29, 0.717) is 19.8 Å². The number of carbonyl (C=O) groups excluding carboxylic acids is 1. The molecule has 1 N–H and O–H groups in total. The molecule has 2 rings (SSSR count). The highest BCUT2D eigenvalue weighted by Gasteiger charge is 2.24. The molecule has 2 aliphatic heterocycles. The zero-order valence-corrected chi connectivity index (χ0v) is 13.9. The normalized spacial score (nSPS) is 22.5. The van der Waals surface area contributed by atoms with E-state index in [0.717, 1.165) is 38.6 Å². The average Bonchev–Trinajstić information content (AvgIpc) is 2.46. The Morgan fingerprint density at radius 2 is 1.76 bits per heavy atom. The SMILES string of the molecule is CC(C)(C)NCC1CCN(CC(=O)N2CCOCC2)CC1. The van der Waals surface area contributed by atoms with E-state index in [9.17, 15) is 4.79 Å². The van der Waals surface area contributed by atoms with Gasteiger partial charge in [-0.3, -0.25) is 9.69 Å². The van der Waals surface area contributed by atoms with Crippen LogP contribution in [0.4, 0.5) is 0 Å². The van der Waals surface area contributed by atoms with Gasteiger partial charge in [-0.2, -0.15) is 0 Å². The number of rotatable bonds is 4. The minimum Gasteiger partial charge on any atom is -0.378 e. The Morgan fingerprint density at radius 1 is 1.14 bits per heavy atom. The number of nitrogens with zero attached hydrogens (tertiary/aromatic N) is 2. The van der Waals surface area contributed by atoms with Crippen molar-refractivity contribution >= 4 is 5.91 Å². The fourth-order valence-corrected chi connectivity index (χ4v) is 2.90. The van der Waals surface area contributed by atoms with Gasteiger partial charge in [-0.1, -0.05) is 0 Å². The van der Waals surface area contributed by atoms with Gasteiger partial charge in [0.2, 0.25) is 5.91 Å². The Labute approximate surface area is 129 Å². The monoisotopic (exact) mass is 297 g/mol. The van der Waals surface area contributed by atoms with Crippen LogP contribution < -0.4 is 5.32 Å². The lowest BCUT2D eigenvalue weighted by atomic mass is 9.95. The smallest absolute Gasteiger partial charge is 0.236 e. The largest absolute Gasteiger partial charge is 0.378 e. The average molecular weight is 297 g/mol. The molecular weight excluding hydrogens is 266 g/mol. The molecule has 0 saturated carbocycles. The first-order valence-corrected chi connectivity index (χ1v) is 8.27. The van der Waals surface area contributed by atoms with Crippen LogP contribution >= 0.6 is 0 Å². The number of likely N-dealkylation sites (tertiary alicyclic amines) is 1. The Kier molecular flexibility index (Phi) is 6.02. The lowest BCUT2D eigenvalue weighted by Crippen LogP contribution is -2.48. The molecule has 0 aromatic carbocycles. The molecule has 2 aliphatic rings. The molecule has 2 saturated heterocycles. The lowest BCUT2D eigenvalue weighted by Gasteiger charge is -2.35.